The lowest BCUT2D eigenvalue weighted by Gasteiger charge is -2.09. The molecule has 0 saturated carbocycles. The van der Waals surface area contributed by atoms with E-state index in [0.717, 1.165) is 0 Å². The van der Waals surface area contributed by atoms with Crippen molar-refractivity contribution in [2.75, 3.05) is 13.2 Å². The van der Waals surface area contributed by atoms with Crippen molar-refractivity contribution in [1.82, 2.24) is 10.8 Å². The SMILES string of the molecule is CCONC(=O)C1CC(F)(F)CN1.Cl. The molecule has 1 heterocycles. The normalized spacial score (nSPS) is 24.1. The van der Waals surface area contributed by atoms with Gasteiger partial charge in [-0.15, -0.1) is 12.4 Å². The number of nitrogens with one attached hydrogen (secondary N) is 2. The number of hydrogen-bond donors (Lipinski definition) is 2. The fourth-order valence-corrected chi connectivity index (χ4v) is 1.12. The van der Waals surface area contributed by atoms with Gasteiger partial charge in [0, 0.05) is 6.42 Å². The van der Waals surface area contributed by atoms with Crippen molar-refractivity contribution in [1.29, 1.82) is 0 Å². The Hall–Kier alpha value is -0.460. The molecule has 1 aliphatic heterocycles. The molecule has 4 nitrogen and oxygen atoms in total. The van der Waals surface area contributed by atoms with Crippen molar-refractivity contribution in [2.45, 2.75) is 25.3 Å². The van der Waals surface area contributed by atoms with Crippen molar-refractivity contribution in [3.63, 3.8) is 0 Å². The number of halogens is 3. The van der Waals surface area contributed by atoms with Gasteiger partial charge in [-0.3, -0.25) is 14.9 Å². The predicted octanol–water partition coefficient (Wildman–Crippen LogP) is 0.473. The highest BCUT2D eigenvalue weighted by Crippen LogP contribution is 2.24. The summed E-state index contributed by atoms with van der Waals surface area (Å²) in [7, 11) is 0. The van der Waals surface area contributed by atoms with Crippen molar-refractivity contribution >= 4 is 18.3 Å². The fourth-order valence-electron chi connectivity index (χ4n) is 1.12. The zero-order chi connectivity index (χ0) is 9.90. The molecule has 1 amide bonds. The molecule has 84 valence electrons. The lowest BCUT2D eigenvalue weighted by molar-refractivity contribution is -0.135. The Labute approximate surface area is 86.7 Å². The van der Waals surface area contributed by atoms with Gasteiger partial charge in [0.1, 0.15) is 0 Å². The van der Waals surface area contributed by atoms with E-state index in [1.165, 1.54) is 0 Å². The van der Waals surface area contributed by atoms with Crippen LogP contribution in [0.15, 0.2) is 0 Å². The van der Waals surface area contributed by atoms with Gasteiger partial charge in [0.25, 0.3) is 11.8 Å². The highest BCUT2D eigenvalue weighted by molar-refractivity contribution is 5.85. The standard InChI is InChI=1S/C7H12F2N2O2.ClH/c1-2-13-11-6(12)5-3-7(8,9)4-10-5;/h5,10H,2-4H2,1H3,(H,11,12);1H. The van der Waals surface area contributed by atoms with Crippen LogP contribution >= 0.6 is 12.4 Å². The van der Waals surface area contributed by atoms with Crippen molar-refractivity contribution < 1.29 is 18.4 Å². The Morgan fingerprint density at radius 3 is 2.79 bits per heavy atom. The van der Waals surface area contributed by atoms with E-state index in [1.807, 2.05) is 0 Å². The third-order valence-electron chi connectivity index (χ3n) is 1.74. The second-order valence-electron chi connectivity index (χ2n) is 2.89. The average Bonchev–Trinajstić information content (AvgIpc) is 2.42. The minimum Gasteiger partial charge on any atom is -0.300 e. The van der Waals surface area contributed by atoms with Crippen LogP contribution in [0, 0.1) is 0 Å². The third-order valence-corrected chi connectivity index (χ3v) is 1.74. The van der Waals surface area contributed by atoms with Gasteiger partial charge in [-0.1, -0.05) is 0 Å². The Morgan fingerprint density at radius 2 is 2.36 bits per heavy atom. The number of rotatable bonds is 3. The van der Waals surface area contributed by atoms with E-state index in [4.69, 9.17) is 0 Å². The number of amides is 1. The van der Waals surface area contributed by atoms with E-state index in [1.54, 1.807) is 6.92 Å². The molecule has 0 aromatic carbocycles. The molecule has 1 saturated heterocycles. The smallest absolute Gasteiger partial charge is 0.262 e. The molecule has 0 aromatic rings. The summed E-state index contributed by atoms with van der Waals surface area (Å²) in [6.07, 6.45) is -0.466. The minimum atomic E-state index is -2.78. The lowest BCUT2D eigenvalue weighted by atomic mass is 10.2. The van der Waals surface area contributed by atoms with Crippen LogP contribution in [0.4, 0.5) is 8.78 Å². The first-order valence-corrected chi connectivity index (χ1v) is 4.08. The molecule has 1 fully saturated rings. The summed E-state index contributed by atoms with van der Waals surface area (Å²) in [5, 5.41) is 2.41. The largest absolute Gasteiger partial charge is 0.300 e. The second-order valence-corrected chi connectivity index (χ2v) is 2.89. The van der Waals surface area contributed by atoms with E-state index in [-0.39, 0.29) is 12.4 Å². The predicted molar refractivity (Wildman–Crippen MR) is 48.4 cm³/mol. The first kappa shape index (κ1) is 13.5. The highest BCUT2D eigenvalue weighted by atomic mass is 35.5. The van der Waals surface area contributed by atoms with Crippen LogP contribution in [-0.4, -0.2) is 31.0 Å². The van der Waals surface area contributed by atoms with Crippen LogP contribution in [0.1, 0.15) is 13.3 Å². The van der Waals surface area contributed by atoms with Crippen LogP contribution < -0.4 is 10.8 Å². The minimum absolute atomic E-state index is 0. The van der Waals surface area contributed by atoms with Gasteiger partial charge in [-0.05, 0) is 6.92 Å². The first-order valence-electron chi connectivity index (χ1n) is 4.08. The molecule has 7 heteroatoms. The van der Waals surface area contributed by atoms with Crippen LogP contribution in [0.25, 0.3) is 0 Å². The average molecular weight is 231 g/mol. The van der Waals surface area contributed by atoms with E-state index in [0.29, 0.717) is 6.61 Å². The molecular formula is C7H13ClF2N2O2. The monoisotopic (exact) mass is 230 g/mol. The molecule has 0 radical (unpaired) electrons. The van der Waals surface area contributed by atoms with E-state index < -0.39 is 30.8 Å². The van der Waals surface area contributed by atoms with E-state index in [2.05, 4.69) is 15.6 Å². The number of hydroxylamine groups is 1. The molecule has 0 aromatic heterocycles. The molecule has 1 unspecified atom stereocenters. The number of alkyl halides is 2. The molecule has 1 rings (SSSR count). The lowest BCUT2D eigenvalue weighted by Crippen LogP contribution is -2.40. The Bertz CT molecular complexity index is 204. The van der Waals surface area contributed by atoms with Gasteiger partial charge in [-0.25, -0.2) is 14.3 Å². The summed E-state index contributed by atoms with van der Waals surface area (Å²) in [6.45, 7) is 1.56. The van der Waals surface area contributed by atoms with Gasteiger partial charge >= 0.3 is 0 Å². The maximum absolute atomic E-state index is 12.6. The zero-order valence-electron chi connectivity index (χ0n) is 7.68. The number of carbonyl (C=O) groups excluding carboxylic acids is 1. The molecule has 0 bridgehead atoms. The van der Waals surface area contributed by atoms with Crippen LogP contribution in [0.3, 0.4) is 0 Å². The van der Waals surface area contributed by atoms with Crippen LogP contribution in [0.2, 0.25) is 0 Å². The Kier molecular flexibility index (Phi) is 5.25. The number of hydrogen-bond acceptors (Lipinski definition) is 3. The summed E-state index contributed by atoms with van der Waals surface area (Å²) < 4.78 is 25.2. The maximum atomic E-state index is 12.6. The topological polar surface area (TPSA) is 50.4 Å². The molecular weight excluding hydrogens is 218 g/mol. The van der Waals surface area contributed by atoms with E-state index in [9.17, 15) is 13.6 Å². The highest BCUT2D eigenvalue weighted by Gasteiger charge is 2.42. The fraction of sp³-hybridized carbons (Fsp3) is 0.857. The van der Waals surface area contributed by atoms with Gasteiger partial charge in [0.15, 0.2) is 0 Å². The molecule has 2 N–H and O–H groups in total. The Balaban J connectivity index is 0.00000169. The molecule has 0 aliphatic carbocycles. The maximum Gasteiger partial charge on any atom is 0.262 e. The summed E-state index contributed by atoms with van der Waals surface area (Å²) in [4.78, 5) is 15.7. The third kappa shape index (κ3) is 3.73. The summed E-state index contributed by atoms with van der Waals surface area (Å²) in [5.41, 5.74) is 2.08. The van der Waals surface area contributed by atoms with Gasteiger partial charge in [0.05, 0.1) is 19.2 Å². The van der Waals surface area contributed by atoms with Gasteiger partial charge < -0.3 is 0 Å². The zero-order valence-corrected chi connectivity index (χ0v) is 8.50. The van der Waals surface area contributed by atoms with Gasteiger partial charge in [0.2, 0.25) is 0 Å². The molecule has 14 heavy (non-hydrogen) atoms. The van der Waals surface area contributed by atoms with Crippen molar-refractivity contribution in [2.24, 2.45) is 0 Å². The molecule has 0 spiro atoms. The van der Waals surface area contributed by atoms with Crippen molar-refractivity contribution in [3.8, 4) is 0 Å². The second kappa shape index (κ2) is 5.43. The van der Waals surface area contributed by atoms with Crippen LogP contribution in [0.5, 0.6) is 0 Å². The summed E-state index contributed by atoms with van der Waals surface area (Å²) in [5.74, 6) is -3.33. The Morgan fingerprint density at radius 1 is 1.71 bits per heavy atom. The summed E-state index contributed by atoms with van der Waals surface area (Å²) in [6, 6.07) is -0.846. The van der Waals surface area contributed by atoms with Gasteiger partial charge in [-0.2, -0.15) is 0 Å². The van der Waals surface area contributed by atoms with Crippen molar-refractivity contribution in [3.05, 3.63) is 0 Å². The first-order chi connectivity index (χ1) is 6.05. The number of carbonyl (C=O) groups is 1. The van der Waals surface area contributed by atoms with Crippen LogP contribution in [-0.2, 0) is 9.63 Å². The van der Waals surface area contributed by atoms with E-state index >= 15 is 0 Å². The quantitative estimate of drug-likeness (QED) is 0.694. The molecule has 1 atom stereocenters. The molecule has 1 aliphatic rings. The summed E-state index contributed by atoms with van der Waals surface area (Å²) >= 11 is 0.